The largest absolute Gasteiger partial charge is 0.461 e. The molecule has 2 aliphatic rings. The van der Waals surface area contributed by atoms with Gasteiger partial charge in [0.1, 0.15) is 18.2 Å². The second-order valence-electron chi connectivity index (χ2n) is 7.96. The second kappa shape index (κ2) is 7.14. The number of hydrogen-bond donors (Lipinski definition) is 0. The first-order chi connectivity index (χ1) is 11.9. The zero-order valence-electron chi connectivity index (χ0n) is 15.5. The molecule has 1 aromatic heterocycles. The number of pyridine rings is 1. The summed E-state index contributed by atoms with van der Waals surface area (Å²) in [4.78, 5) is 30.6. The molecule has 0 amide bonds. The highest BCUT2D eigenvalue weighted by Gasteiger charge is 2.50. The Bertz CT molecular complexity index is 650. The first kappa shape index (κ1) is 17.9. The lowest BCUT2D eigenvalue weighted by Crippen LogP contribution is -2.49. The van der Waals surface area contributed by atoms with Crippen molar-refractivity contribution in [2.75, 3.05) is 18.0 Å². The van der Waals surface area contributed by atoms with Crippen molar-refractivity contribution in [2.45, 2.75) is 53.1 Å². The van der Waals surface area contributed by atoms with Crippen molar-refractivity contribution in [1.82, 2.24) is 4.98 Å². The molecule has 2 heterocycles. The fraction of sp³-hybridized carbons (Fsp3) is 0.650. The zero-order chi connectivity index (χ0) is 18.0. The van der Waals surface area contributed by atoms with Crippen LogP contribution < -0.4 is 4.90 Å². The standard InChI is InChI=1S/C20H28N2O3/c1-14(23)17-11-16(20(17,2)3)12-18(24)25-13-15-7-6-8-21-19(15)22-9-4-5-10-22/h6-8,16-17H,4-5,9-13H2,1-3H3/t16-,17+/m1/s1. The van der Waals surface area contributed by atoms with Crippen molar-refractivity contribution in [3.8, 4) is 0 Å². The van der Waals surface area contributed by atoms with E-state index in [1.54, 1.807) is 13.1 Å². The van der Waals surface area contributed by atoms with Gasteiger partial charge in [-0.15, -0.1) is 0 Å². The predicted octanol–water partition coefficient (Wildman–Crippen LogP) is 3.37. The summed E-state index contributed by atoms with van der Waals surface area (Å²) in [6, 6.07) is 3.86. The van der Waals surface area contributed by atoms with Crippen LogP contribution in [0.25, 0.3) is 0 Å². The average molecular weight is 344 g/mol. The molecule has 1 saturated carbocycles. The third kappa shape index (κ3) is 3.70. The van der Waals surface area contributed by atoms with Gasteiger partial charge in [-0.1, -0.05) is 19.9 Å². The van der Waals surface area contributed by atoms with Gasteiger partial charge in [-0.05, 0) is 43.6 Å². The predicted molar refractivity (Wildman–Crippen MR) is 96.2 cm³/mol. The van der Waals surface area contributed by atoms with Gasteiger partial charge < -0.3 is 9.64 Å². The van der Waals surface area contributed by atoms with Crippen LogP contribution in [0, 0.1) is 17.3 Å². The minimum atomic E-state index is -0.184. The molecule has 0 spiro atoms. The van der Waals surface area contributed by atoms with E-state index in [0.717, 1.165) is 30.9 Å². The number of carbonyl (C=O) groups excluding carboxylic acids is 2. The molecular formula is C20H28N2O3. The molecule has 0 aromatic carbocycles. The van der Waals surface area contributed by atoms with Gasteiger partial charge in [-0.2, -0.15) is 0 Å². The molecule has 1 aliphatic heterocycles. The first-order valence-electron chi connectivity index (χ1n) is 9.24. The lowest BCUT2D eigenvalue weighted by Gasteiger charge is -2.50. The van der Waals surface area contributed by atoms with Crippen LogP contribution in [0.15, 0.2) is 18.3 Å². The van der Waals surface area contributed by atoms with Crippen LogP contribution in [0.4, 0.5) is 5.82 Å². The number of aromatic nitrogens is 1. The molecule has 0 N–H and O–H groups in total. The number of ether oxygens (including phenoxy) is 1. The molecule has 0 radical (unpaired) electrons. The SMILES string of the molecule is CC(=O)[C@@H]1C[C@H](CC(=O)OCc2cccnc2N2CCCC2)C1(C)C. The minimum absolute atomic E-state index is 0.0744. The summed E-state index contributed by atoms with van der Waals surface area (Å²) in [5, 5.41) is 0. The van der Waals surface area contributed by atoms with Crippen molar-refractivity contribution in [3.63, 3.8) is 0 Å². The fourth-order valence-corrected chi connectivity index (χ4v) is 4.23. The lowest BCUT2D eigenvalue weighted by molar-refractivity contribution is -0.154. The van der Waals surface area contributed by atoms with Crippen molar-refractivity contribution < 1.29 is 14.3 Å². The van der Waals surface area contributed by atoms with Gasteiger partial charge in [0.25, 0.3) is 0 Å². The van der Waals surface area contributed by atoms with E-state index in [0.29, 0.717) is 6.42 Å². The molecular weight excluding hydrogens is 316 g/mol. The number of rotatable bonds is 6. The van der Waals surface area contributed by atoms with Crippen molar-refractivity contribution in [1.29, 1.82) is 0 Å². The monoisotopic (exact) mass is 344 g/mol. The Morgan fingerprint density at radius 1 is 1.32 bits per heavy atom. The molecule has 136 valence electrons. The van der Waals surface area contributed by atoms with Crippen molar-refractivity contribution >= 4 is 17.6 Å². The summed E-state index contributed by atoms with van der Waals surface area (Å²) in [7, 11) is 0. The Kier molecular flexibility index (Phi) is 5.11. The molecule has 5 nitrogen and oxygen atoms in total. The number of carbonyl (C=O) groups is 2. The number of ketones is 1. The van der Waals surface area contributed by atoms with Crippen LogP contribution >= 0.6 is 0 Å². The van der Waals surface area contributed by atoms with Gasteiger partial charge in [0.15, 0.2) is 0 Å². The summed E-state index contributed by atoms with van der Waals surface area (Å²) in [5.41, 5.74) is 0.854. The Morgan fingerprint density at radius 2 is 2.04 bits per heavy atom. The smallest absolute Gasteiger partial charge is 0.306 e. The Hall–Kier alpha value is -1.91. The van der Waals surface area contributed by atoms with Crippen LogP contribution in [-0.2, 0) is 20.9 Å². The Balaban J connectivity index is 1.54. The van der Waals surface area contributed by atoms with Crippen LogP contribution in [-0.4, -0.2) is 29.8 Å². The summed E-state index contributed by atoms with van der Waals surface area (Å²) in [6.07, 6.45) is 5.34. The highest BCUT2D eigenvalue weighted by Crippen LogP contribution is 2.53. The summed E-state index contributed by atoms with van der Waals surface area (Å²) in [6.45, 7) is 8.09. The number of Topliss-reactive ketones (excluding diaryl/α,β-unsaturated/α-hetero) is 1. The average Bonchev–Trinajstić information content (AvgIpc) is 3.10. The first-order valence-corrected chi connectivity index (χ1v) is 9.24. The third-order valence-electron chi connectivity index (χ3n) is 6.04. The van der Waals surface area contributed by atoms with E-state index in [2.05, 4.69) is 23.7 Å². The lowest BCUT2D eigenvalue weighted by atomic mass is 9.53. The topological polar surface area (TPSA) is 59.5 Å². The third-order valence-corrected chi connectivity index (χ3v) is 6.04. The summed E-state index contributed by atoms with van der Waals surface area (Å²) < 4.78 is 5.53. The summed E-state index contributed by atoms with van der Waals surface area (Å²) >= 11 is 0. The highest BCUT2D eigenvalue weighted by molar-refractivity contribution is 5.81. The van der Waals surface area contributed by atoms with Gasteiger partial charge in [0, 0.05) is 37.2 Å². The van der Waals surface area contributed by atoms with Crippen molar-refractivity contribution in [3.05, 3.63) is 23.9 Å². The molecule has 1 aromatic rings. The number of esters is 1. The maximum atomic E-state index is 12.3. The van der Waals surface area contributed by atoms with Gasteiger partial charge >= 0.3 is 5.97 Å². The van der Waals surface area contributed by atoms with Gasteiger partial charge in [-0.3, -0.25) is 9.59 Å². The Morgan fingerprint density at radius 3 is 2.68 bits per heavy atom. The summed E-state index contributed by atoms with van der Waals surface area (Å²) in [5.74, 6) is 1.27. The number of anilines is 1. The molecule has 3 rings (SSSR count). The van der Waals surface area contributed by atoms with E-state index in [9.17, 15) is 9.59 Å². The number of hydrogen-bond acceptors (Lipinski definition) is 5. The molecule has 0 unspecified atom stereocenters. The minimum Gasteiger partial charge on any atom is -0.461 e. The van der Waals surface area contributed by atoms with E-state index in [1.807, 2.05) is 12.1 Å². The van der Waals surface area contributed by atoms with E-state index < -0.39 is 0 Å². The molecule has 1 saturated heterocycles. The van der Waals surface area contributed by atoms with Gasteiger partial charge in [0.05, 0.1) is 0 Å². The van der Waals surface area contributed by atoms with E-state index in [4.69, 9.17) is 4.74 Å². The molecule has 2 fully saturated rings. The molecule has 2 atom stereocenters. The quantitative estimate of drug-likeness (QED) is 0.741. The van der Waals surface area contributed by atoms with E-state index in [1.165, 1.54) is 12.8 Å². The van der Waals surface area contributed by atoms with Gasteiger partial charge in [-0.25, -0.2) is 4.98 Å². The number of nitrogens with zero attached hydrogens (tertiary/aromatic N) is 2. The fourth-order valence-electron chi connectivity index (χ4n) is 4.23. The normalized spacial score (nSPS) is 24.7. The van der Waals surface area contributed by atoms with E-state index in [-0.39, 0.29) is 35.6 Å². The van der Waals surface area contributed by atoms with Crippen LogP contribution in [0.3, 0.4) is 0 Å². The van der Waals surface area contributed by atoms with Crippen LogP contribution in [0.5, 0.6) is 0 Å². The highest BCUT2D eigenvalue weighted by atomic mass is 16.5. The Labute approximate surface area is 149 Å². The van der Waals surface area contributed by atoms with Crippen LogP contribution in [0.1, 0.15) is 52.0 Å². The van der Waals surface area contributed by atoms with Gasteiger partial charge in [0.2, 0.25) is 0 Å². The zero-order valence-corrected chi connectivity index (χ0v) is 15.5. The van der Waals surface area contributed by atoms with E-state index >= 15 is 0 Å². The van der Waals surface area contributed by atoms with Crippen molar-refractivity contribution in [2.24, 2.45) is 17.3 Å². The second-order valence-corrected chi connectivity index (χ2v) is 7.96. The maximum Gasteiger partial charge on any atom is 0.306 e. The maximum absolute atomic E-state index is 12.3. The van der Waals surface area contributed by atoms with Crippen LogP contribution in [0.2, 0.25) is 0 Å². The molecule has 5 heteroatoms. The molecule has 0 bridgehead atoms. The molecule has 1 aliphatic carbocycles. The molecule has 25 heavy (non-hydrogen) atoms.